The molecule has 0 saturated carbocycles. The molecule has 2 aliphatic heterocycles. The van der Waals surface area contributed by atoms with Gasteiger partial charge in [-0.25, -0.2) is 0 Å². The lowest BCUT2D eigenvalue weighted by Crippen LogP contribution is -2.39. The number of rotatable bonds is 3. The normalized spacial score (nSPS) is 31.1. The molecule has 0 aromatic carbocycles. The van der Waals surface area contributed by atoms with Crippen molar-refractivity contribution >= 4 is 0 Å². The Balaban J connectivity index is 1.77. The number of ether oxygens (including phenoxy) is 1. The lowest BCUT2D eigenvalue weighted by atomic mass is 9.99. The molecule has 0 unspecified atom stereocenters. The van der Waals surface area contributed by atoms with E-state index in [0.29, 0.717) is 6.04 Å². The maximum atomic E-state index is 5.76. The van der Waals surface area contributed by atoms with Gasteiger partial charge in [-0.1, -0.05) is 0 Å². The molecule has 2 rings (SSSR count). The molecule has 82 valence electrons. The SMILES string of the molecule is NC[C@@H]1CCCN1CC1CCOCC1. The number of nitrogens with two attached hydrogens (primary N) is 1. The fourth-order valence-electron chi connectivity index (χ4n) is 2.66. The Hall–Kier alpha value is -0.120. The molecule has 0 amide bonds. The first kappa shape index (κ1) is 10.4. The number of nitrogens with zero attached hydrogens (tertiary/aromatic N) is 1. The van der Waals surface area contributed by atoms with Crippen LogP contribution in [0.4, 0.5) is 0 Å². The van der Waals surface area contributed by atoms with Gasteiger partial charge in [0.15, 0.2) is 0 Å². The molecule has 14 heavy (non-hydrogen) atoms. The number of hydrogen-bond acceptors (Lipinski definition) is 3. The molecule has 2 aliphatic rings. The van der Waals surface area contributed by atoms with Crippen LogP contribution in [0.3, 0.4) is 0 Å². The highest BCUT2D eigenvalue weighted by molar-refractivity contribution is 4.82. The van der Waals surface area contributed by atoms with Crippen LogP contribution in [-0.2, 0) is 4.74 Å². The molecule has 2 heterocycles. The highest BCUT2D eigenvalue weighted by Gasteiger charge is 2.26. The zero-order valence-corrected chi connectivity index (χ0v) is 8.95. The fourth-order valence-corrected chi connectivity index (χ4v) is 2.66. The first-order valence-corrected chi connectivity index (χ1v) is 5.92. The topological polar surface area (TPSA) is 38.5 Å². The van der Waals surface area contributed by atoms with Crippen LogP contribution in [-0.4, -0.2) is 43.8 Å². The van der Waals surface area contributed by atoms with Crippen molar-refractivity contribution < 1.29 is 4.74 Å². The van der Waals surface area contributed by atoms with Crippen molar-refractivity contribution in [2.24, 2.45) is 11.7 Å². The van der Waals surface area contributed by atoms with Gasteiger partial charge in [0.25, 0.3) is 0 Å². The summed E-state index contributed by atoms with van der Waals surface area (Å²) < 4.78 is 5.37. The van der Waals surface area contributed by atoms with Gasteiger partial charge in [-0.05, 0) is 38.1 Å². The van der Waals surface area contributed by atoms with E-state index in [-0.39, 0.29) is 0 Å². The van der Waals surface area contributed by atoms with Crippen molar-refractivity contribution in [2.45, 2.75) is 31.7 Å². The first-order chi connectivity index (χ1) is 6.90. The molecule has 0 aliphatic carbocycles. The van der Waals surface area contributed by atoms with Gasteiger partial charge in [0.05, 0.1) is 0 Å². The average Bonchev–Trinajstić information content (AvgIpc) is 2.67. The molecule has 2 saturated heterocycles. The minimum atomic E-state index is 0.665. The summed E-state index contributed by atoms with van der Waals surface area (Å²) in [6.07, 6.45) is 5.13. The smallest absolute Gasteiger partial charge is 0.0469 e. The Morgan fingerprint density at radius 2 is 2.00 bits per heavy atom. The lowest BCUT2D eigenvalue weighted by molar-refractivity contribution is 0.0511. The second kappa shape index (κ2) is 5.10. The van der Waals surface area contributed by atoms with E-state index < -0.39 is 0 Å². The minimum absolute atomic E-state index is 0.665. The largest absolute Gasteiger partial charge is 0.381 e. The van der Waals surface area contributed by atoms with Gasteiger partial charge in [-0.3, -0.25) is 4.90 Å². The summed E-state index contributed by atoms with van der Waals surface area (Å²) in [5, 5.41) is 0. The molecule has 0 radical (unpaired) electrons. The predicted molar refractivity (Wildman–Crippen MR) is 57.2 cm³/mol. The highest BCUT2D eigenvalue weighted by atomic mass is 16.5. The Bertz CT molecular complexity index is 169. The third kappa shape index (κ3) is 2.47. The zero-order valence-electron chi connectivity index (χ0n) is 8.95. The van der Waals surface area contributed by atoms with Crippen LogP contribution in [0.25, 0.3) is 0 Å². The van der Waals surface area contributed by atoms with Gasteiger partial charge in [0.2, 0.25) is 0 Å². The second-order valence-corrected chi connectivity index (χ2v) is 4.58. The van der Waals surface area contributed by atoms with Crippen molar-refractivity contribution in [3.8, 4) is 0 Å². The summed E-state index contributed by atoms with van der Waals surface area (Å²) in [6, 6.07) is 0.665. The van der Waals surface area contributed by atoms with Crippen LogP contribution in [0.5, 0.6) is 0 Å². The van der Waals surface area contributed by atoms with Crippen molar-refractivity contribution in [1.29, 1.82) is 0 Å². The molecule has 1 atom stereocenters. The fraction of sp³-hybridized carbons (Fsp3) is 1.00. The summed E-state index contributed by atoms with van der Waals surface area (Å²) in [7, 11) is 0. The Labute approximate surface area is 86.6 Å². The van der Waals surface area contributed by atoms with Crippen molar-refractivity contribution in [3.63, 3.8) is 0 Å². The van der Waals surface area contributed by atoms with Crippen LogP contribution < -0.4 is 5.73 Å². The van der Waals surface area contributed by atoms with Gasteiger partial charge >= 0.3 is 0 Å². The summed E-state index contributed by atoms with van der Waals surface area (Å²) in [5.74, 6) is 0.857. The summed E-state index contributed by atoms with van der Waals surface area (Å²) in [5.41, 5.74) is 5.76. The molecule has 2 fully saturated rings. The van der Waals surface area contributed by atoms with E-state index in [1.807, 2.05) is 0 Å². The molecule has 0 aromatic heterocycles. The lowest BCUT2D eigenvalue weighted by Gasteiger charge is -2.30. The van der Waals surface area contributed by atoms with E-state index in [2.05, 4.69) is 4.90 Å². The standard InChI is InChI=1S/C11H22N2O/c12-8-11-2-1-5-13(11)9-10-3-6-14-7-4-10/h10-11H,1-9,12H2/t11-/m0/s1. The van der Waals surface area contributed by atoms with Gasteiger partial charge < -0.3 is 10.5 Å². The average molecular weight is 198 g/mol. The molecule has 2 N–H and O–H groups in total. The maximum Gasteiger partial charge on any atom is 0.0469 e. The van der Waals surface area contributed by atoms with E-state index in [9.17, 15) is 0 Å². The van der Waals surface area contributed by atoms with E-state index >= 15 is 0 Å². The third-order valence-corrected chi connectivity index (χ3v) is 3.60. The van der Waals surface area contributed by atoms with Crippen LogP contribution in [0, 0.1) is 5.92 Å². The Morgan fingerprint density at radius 3 is 2.71 bits per heavy atom. The molecule has 0 aromatic rings. The molecule has 3 nitrogen and oxygen atoms in total. The van der Waals surface area contributed by atoms with Crippen molar-refractivity contribution in [1.82, 2.24) is 4.90 Å². The van der Waals surface area contributed by atoms with Crippen LogP contribution in [0.2, 0.25) is 0 Å². The van der Waals surface area contributed by atoms with Crippen LogP contribution in [0.1, 0.15) is 25.7 Å². The second-order valence-electron chi connectivity index (χ2n) is 4.58. The highest BCUT2D eigenvalue weighted by Crippen LogP contribution is 2.22. The summed E-state index contributed by atoms with van der Waals surface area (Å²) in [4.78, 5) is 2.59. The molecular weight excluding hydrogens is 176 g/mol. The quantitative estimate of drug-likeness (QED) is 0.730. The summed E-state index contributed by atoms with van der Waals surface area (Å²) >= 11 is 0. The van der Waals surface area contributed by atoms with Crippen molar-refractivity contribution in [2.75, 3.05) is 32.8 Å². The van der Waals surface area contributed by atoms with Crippen LogP contribution >= 0.6 is 0 Å². The molecule has 3 heteroatoms. The zero-order chi connectivity index (χ0) is 9.80. The van der Waals surface area contributed by atoms with Crippen molar-refractivity contribution in [3.05, 3.63) is 0 Å². The summed E-state index contributed by atoms with van der Waals surface area (Å²) in [6.45, 7) is 5.28. The predicted octanol–water partition coefficient (Wildman–Crippen LogP) is 0.836. The Morgan fingerprint density at radius 1 is 1.21 bits per heavy atom. The monoisotopic (exact) mass is 198 g/mol. The van der Waals surface area contributed by atoms with E-state index in [1.54, 1.807) is 0 Å². The van der Waals surface area contributed by atoms with E-state index in [4.69, 9.17) is 10.5 Å². The van der Waals surface area contributed by atoms with Gasteiger partial charge in [0, 0.05) is 32.3 Å². The van der Waals surface area contributed by atoms with Gasteiger partial charge in [-0.2, -0.15) is 0 Å². The Kier molecular flexibility index (Phi) is 3.79. The van der Waals surface area contributed by atoms with Gasteiger partial charge in [0.1, 0.15) is 0 Å². The number of likely N-dealkylation sites (tertiary alicyclic amines) is 1. The van der Waals surface area contributed by atoms with E-state index in [0.717, 1.165) is 25.7 Å². The van der Waals surface area contributed by atoms with E-state index in [1.165, 1.54) is 38.8 Å². The first-order valence-electron chi connectivity index (χ1n) is 5.92. The minimum Gasteiger partial charge on any atom is -0.381 e. The molecular formula is C11H22N2O. The number of hydrogen-bond donors (Lipinski definition) is 1. The van der Waals surface area contributed by atoms with Crippen LogP contribution in [0.15, 0.2) is 0 Å². The van der Waals surface area contributed by atoms with Gasteiger partial charge in [-0.15, -0.1) is 0 Å². The molecule has 0 bridgehead atoms. The molecule has 0 spiro atoms. The maximum absolute atomic E-state index is 5.76. The third-order valence-electron chi connectivity index (χ3n) is 3.60.